The van der Waals surface area contributed by atoms with Crippen LogP contribution in [0.1, 0.15) is 59.8 Å². The summed E-state index contributed by atoms with van der Waals surface area (Å²) in [6.45, 7) is 7.61. The first-order chi connectivity index (χ1) is 9.24. The van der Waals surface area contributed by atoms with Gasteiger partial charge >= 0.3 is 12.0 Å². The Kier molecular flexibility index (Phi) is 5.84. The maximum absolute atomic E-state index is 11.9. The fraction of sp³-hybridized carbons (Fsp3) is 0.867. The van der Waals surface area contributed by atoms with Gasteiger partial charge in [0.2, 0.25) is 0 Å². The second kappa shape index (κ2) is 6.95. The zero-order valence-electron chi connectivity index (χ0n) is 13.0. The number of carboxylic acids is 1. The Hall–Kier alpha value is -1.26. The smallest absolute Gasteiger partial charge is 0.326 e. The molecule has 1 aliphatic rings. The van der Waals surface area contributed by atoms with Gasteiger partial charge in [0, 0.05) is 6.04 Å². The van der Waals surface area contributed by atoms with E-state index < -0.39 is 17.4 Å². The van der Waals surface area contributed by atoms with Crippen molar-refractivity contribution in [3.8, 4) is 0 Å². The van der Waals surface area contributed by atoms with Crippen LogP contribution in [0.5, 0.6) is 0 Å². The van der Waals surface area contributed by atoms with E-state index >= 15 is 0 Å². The van der Waals surface area contributed by atoms with Crippen LogP contribution in [0.25, 0.3) is 0 Å². The minimum atomic E-state index is -0.998. The molecule has 1 saturated carbocycles. The normalized spacial score (nSPS) is 24.8. The molecule has 3 N–H and O–H groups in total. The minimum absolute atomic E-state index is 0.173. The van der Waals surface area contributed by atoms with Crippen molar-refractivity contribution in [2.45, 2.75) is 71.9 Å². The Morgan fingerprint density at radius 3 is 2.15 bits per heavy atom. The summed E-state index contributed by atoms with van der Waals surface area (Å²) in [4.78, 5) is 23.2. The molecular weight excluding hydrogens is 256 g/mol. The lowest BCUT2D eigenvalue weighted by Gasteiger charge is -2.31. The van der Waals surface area contributed by atoms with E-state index in [2.05, 4.69) is 17.6 Å². The second-order valence-corrected chi connectivity index (χ2v) is 6.88. The number of aliphatic carboxylic acids is 1. The maximum atomic E-state index is 11.9. The molecule has 1 atom stereocenters. The summed E-state index contributed by atoms with van der Waals surface area (Å²) in [5, 5.41) is 14.7. The topological polar surface area (TPSA) is 78.4 Å². The van der Waals surface area contributed by atoms with Crippen molar-refractivity contribution in [1.29, 1.82) is 0 Å². The van der Waals surface area contributed by atoms with E-state index in [4.69, 9.17) is 0 Å². The fourth-order valence-corrected chi connectivity index (χ4v) is 2.72. The van der Waals surface area contributed by atoms with Crippen LogP contribution in [0, 0.1) is 11.3 Å². The van der Waals surface area contributed by atoms with E-state index in [0.717, 1.165) is 31.6 Å². The Morgan fingerprint density at radius 2 is 1.75 bits per heavy atom. The molecule has 0 heterocycles. The van der Waals surface area contributed by atoms with Crippen LogP contribution < -0.4 is 10.6 Å². The molecule has 0 unspecified atom stereocenters. The van der Waals surface area contributed by atoms with Crippen molar-refractivity contribution >= 4 is 12.0 Å². The van der Waals surface area contributed by atoms with E-state index in [-0.39, 0.29) is 12.1 Å². The summed E-state index contributed by atoms with van der Waals surface area (Å²) in [6, 6.07) is -1.08. The highest BCUT2D eigenvalue weighted by molar-refractivity contribution is 5.83. The van der Waals surface area contributed by atoms with Crippen molar-refractivity contribution in [3.05, 3.63) is 0 Å². The summed E-state index contributed by atoms with van der Waals surface area (Å²) in [7, 11) is 0. The van der Waals surface area contributed by atoms with Crippen LogP contribution >= 0.6 is 0 Å². The van der Waals surface area contributed by atoms with Crippen LogP contribution in [0.15, 0.2) is 0 Å². The Balaban J connectivity index is 2.45. The SMILES string of the molecule is CCC1CCC(NC(=O)N[C@@H](C(=O)O)C(C)(C)C)CC1. The van der Waals surface area contributed by atoms with Gasteiger partial charge in [-0.1, -0.05) is 34.1 Å². The number of carboxylic acid groups (broad SMARTS) is 1. The summed E-state index contributed by atoms with van der Waals surface area (Å²) in [5.41, 5.74) is -0.511. The average Bonchev–Trinajstić information content (AvgIpc) is 2.35. The predicted molar refractivity (Wildman–Crippen MR) is 78.6 cm³/mol. The van der Waals surface area contributed by atoms with Gasteiger partial charge in [-0.05, 0) is 37.0 Å². The van der Waals surface area contributed by atoms with Crippen molar-refractivity contribution in [3.63, 3.8) is 0 Å². The molecule has 116 valence electrons. The van der Waals surface area contributed by atoms with Crippen molar-refractivity contribution in [1.82, 2.24) is 10.6 Å². The predicted octanol–water partition coefficient (Wildman–Crippen LogP) is 2.75. The monoisotopic (exact) mass is 284 g/mol. The minimum Gasteiger partial charge on any atom is -0.480 e. The molecule has 2 amide bonds. The molecule has 1 rings (SSSR count). The molecule has 0 radical (unpaired) electrons. The lowest BCUT2D eigenvalue weighted by Crippen LogP contribution is -2.54. The lowest BCUT2D eigenvalue weighted by atomic mass is 9.84. The van der Waals surface area contributed by atoms with Crippen molar-refractivity contribution < 1.29 is 14.7 Å². The largest absolute Gasteiger partial charge is 0.480 e. The first-order valence-electron chi connectivity index (χ1n) is 7.53. The van der Waals surface area contributed by atoms with Gasteiger partial charge in [0.05, 0.1) is 0 Å². The van der Waals surface area contributed by atoms with Gasteiger partial charge < -0.3 is 15.7 Å². The van der Waals surface area contributed by atoms with E-state index in [1.165, 1.54) is 6.42 Å². The van der Waals surface area contributed by atoms with Crippen LogP contribution in [0.3, 0.4) is 0 Å². The number of carbonyl (C=O) groups is 2. The summed E-state index contributed by atoms with van der Waals surface area (Å²) >= 11 is 0. The van der Waals surface area contributed by atoms with Gasteiger partial charge in [0.15, 0.2) is 0 Å². The highest BCUT2D eigenvalue weighted by Crippen LogP contribution is 2.26. The Labute approximate surface area is 121 Å². The summed E-state index contributed by atoms with van der Waals surface area (Å²) in [5.74, 6) is -0.222. The van der Waals surface area contributed by atoms with E-state index in [1.807, 2.05) is 0 Å². The molecule has 5 nitrogen and oxygen atoms in total. The van der Waals surface area contributed by atoms with E-state index in [1.54, 1.807) is 20.8 Å². The molecular formula is C15H28N2O3. The maximum Gasteiger partial charge on any atom is 0.326 e. The van der Waals surface area contributed by atoms with Crippen molar-refractivity contribution in [2.75, 3.05) is 0 Å². The lowest BCUT2D eigenvalue weighted by molar-refractivity contribution is -0.141. The molecule has 1 aliphatic carbocycles. The highest BCUT2D eigenvalue weighted by atomic mass is 16.4. The van der Waals surface area contributed by atoms with Gasteiger partial charge in [-0.15, -0.1) is 0 Å². The van der Waals surface area contributed by atoms with E-state index in [9.17, 15) is 14.7 Å². The second-order valence-electron chi connectivity index (χ2n) is 6.88. The number of hydrogen-bond donors (Lipinski definition) is 3. The van der Waals surface area contributed by atoms with Gasteiger partial charge in [-0.3, -0.25) is 0 Å². The molecule has 0 aromatic rings. The molecule has 0 spiro atoms. The quantitative estimate of drug-likeness (QED) is 0.742. The molecule has 20 heavy (non-hydrogen) atoms. The third-order valence-electron chi connectivity index (χ3n) is 4.15. The molecule has 1 fully saturated rings. The van der Waals surface area contributed by atoms with Gasteiger partial charge in [0.25, 0.3) is 0 Å². The van der Waals surface area contributed by atoms with Crippen LogP contribution in [0.2, 0.25) is 0 Å². The van der Waals surface area contributed by atoms with Gasteiger partial charge in [-0.25, -0.2) is 9.59 Å². The third-order valence-corrected chi connectivity index (χ3v) is 4.15. The van der Waals surface area contributed by atoms with E-state index in [0.29, 0.717) is 0 Å². The number of nitrogens with one attached hydrogen (secondary N) is 2. The number of carbonyl (C=O) groups excluding carboxylic acids is 1. The third kappa shape index (κ3) is 5.02. The zero-order valence-corrected chi connectivity index (χ0v) is 13.0. The molecule has 5 heteroatoms. The molecule has 0 bridgehead atoms. The zero-order chi connectivity index (χ0) is 15.3. The molecule has 0 aliphatic heterocycles. The van der Waals surface area contributed by atoms with Crippen LogP contribution in [-0.4, -0.2) is 29.2 Å². The molecule has 0 aromatic heterocycles. The highest BCUT2D eigenvalue weighted by Gasteiger charge is 2.33. The average molecular weight is 284 g/mol. The van der Waals surface area contributed by atoms with Crippen LogP contribution in [0.4, 0.5) is 4.79 Å². The van der Waals surface area contributed by atoms with Crippen LogP contribution in [-0.2, 0) is 4.79 Å². The van der Waals surface area contributed by atoms with Gasteiger partial charge in [-0.2, -0.15) is 0 Å². The van der Waals surface area contributed by atoms with Gasteiger partial charge in [0.1, 0.15) is 6.04 Å². The number of hydrogen-bond acceptors (Lipinski definition) is 2. The Bertz CT molecular complexity index is 342. The van der Waals surface area contributed by atoms with Crippen molar-refractivity contribution in [2.24, 2.45) is 11.3 Å². The standard InChI is InChI=1S/C15H28N2O3/c1-5-10-6-8-11(9-7-10)16-14(20)17-12(13(18)19)15(2,3)4/h10-12H,5-9H2,1-4H3,(H,18,19)(H2,16,17,20)/t10?,11?,12-/m0/s1. The molecule has 0 saturated heterocycles. The number of urea groups is 1. The number of rotatable bonds is 4. The summed E-state index contributed by atoms with van der Waals surface area (Å²) in [6.07, 6.45) is 5.45. The summed E-state index contributed by atoms with van der Waals surface area (Å²) < 4.78 is 0. The first kappa shape index (κ1) is 16.8. The number of amides is 2. The fourth-order valence-electron chi connectivity index (χ4n) is 2.72. The first-order valence-corrected chi connectivity index (χ1v) is 7.53. The molecule has 0 aromatic carbocycles. The Morgan fingerprint density at radius 1 is 1.20 bits per heavy atom.